The van der Waals surface area contributed by atoms with Crippen molar-refractivity contribution in [2.75, 3.05) is 4.90 Å². The fourth-order valence-corrected chi connectivity index (χ4v) is 10.8. The number of hydrogen-bond acceptors (Lipinski definition) is 2. The van der Waals surface area contributed by atoms with Crippen LogP contribution >= 0.6 is 0 Å². The lowest BCUT2D eigenvalue weighted by Gasteiger charge is -2.35. The first kappa shape index (κ1) is 35.5. The van der Waals surface area contributed by atoms with Crippen LogP contribution in [0, 0.1) is 0 Å². The van der Waals surface area contributed by atoms with Crippen LogP contribution in [0.5, 0.6) is 0 Å². The third kappa shape index (κ3) is 5.25. The summed E-state index contributed by atoms with van der Waals surface area (Å²) in [6, 6.07) is 86.6. The van der Waals surface area contributed by atoms with Gasteiger partial charge in [-0.25, -0.2) is 0 Å². The number of para-hydroxylation sites is 2. The summed E-state index contributed by atoms with van der Waals surface area (Å²) in [6.45, 7) is 0. The molecule has 63 heavy (non-hydrogen) atoms. The van der Waals surface area contributed by atoms with E-state index in [4.69, 9.17) is 4.42 Å². The van der Waals surface area contributed by atoms with Crippen molar-refractivity contribution < 1.29 is 4.42 Å². The zero-order valence-electron chi connectivity index (χ0n) is 34.4. The number of furan rings is 1. The maximum Gasteiger partial charge on any atom is 0.159 e. The minimum Gasteiger partial charge on any atom is -0.454 e. The summed E-state index contributed by atoms with van der Waals surface area (Å²) in [6.07, 6.45) is 0. The summed E-state index contributed by atoms with van der Waals surface area (Å²) in [4.78, 5) is 2.33. The van der Waals surface area contributed by atoms with Gasteiger partial charge in [0.25, 0.3) is 0 Å². The Labute approximate surface area is 366 Å². The third-order valence-electron chi connectivity index (χ3n) is 13.5. The summed E-state index contributed by atoms with van der Waals surface area (Å²) in [5.41, 5.74) is 21.9. The summed E-state index contributed by atoms with van der Waals surface area (Å²) < 4.78 is 6.66. The molecule has 2 heteroatoms. The lowest BCUT2D eigenvalue weighted by atomic mass is 9.65. The Morgan fingerprint density at radius 1 is 0.302 bits per heavy atom. The molecule has 0 radical (unpaired) electrons. The van der Waals surface area contributed by atoms with Crippen LogP contribution in [0.25, 0.3) is 77.6 Å². The van der Waals surface area contributed by atoms with Gasteiger partial charge in [-0.15, -0.1) is 0 Å². The molecule has 0 aliphatic heterocycles. The SMILES string of the molecule is c1ccc(-c2ccc(N(c3ccc(-c4ccc5c(c4)C4(c6ccccc6-c6ccccc6-5)c5ccccc5-c5ccccc54)cc3)c3cccc4c3oc3ccccc34)cc2)cc1. The van der Waals surface area contributed by atoms with Gasteiger partial charge in [-0.2, -0.15) is 0 Å². The minimum absolute atomic E-state index is 0.526. The molecule has 1 heterocycles. The predicted octanol–water partition coefficient (Wildman–Crippen LogP) is 16.4. The van der Waals surface area contributed by atoms with Gasteiger partial charge in [-0.3, -0.25) is 0 Å². The average Bonchev–Trinajstić information content (AvgIpc) is 3.86. The van der Waals surface area contributed by atoms with E-state index in [-0.39, 0.29) is 0 Å². The van der Waals surface area contributed by atoms with Crippen LogP contribution in [0.15, 0.2) is 241 Å². The van der Waals surface area contributed by atoms with Gasteiger partial charge < -0.3 is 9.32 Å². The molecule has 2 nitrogen and oxygen atoms in total. The Morgan fingerprint density at radius 3 is 1.37 bits per heavy atom. The lowest BCUT2D eigenvalue weighted by Crippen LogP contribution is -2.29. The first-order valence-electron chi connectivity index (χ1n) is 21.8. The van der Waals surface area contributed by atoms with Crippen LogP contribution in [0.1, 0.15) is 22.3 Å². The highest BCUT2D eigenvalue weighted by Crippen LogP contribution is 2.61. The molecule has 2 aliphatic rings. The van der Waals surface area contributed by atoms with Crippen LogP contribution in [0.2, 0.25) is 0 Å². The highest BCUT2D eigenvalue weighted by atomic mass is 16.3. The number of fused-ring (bicyclic) bond motifs is 15. The molecule has 2 aliphatic carbocycles. The molecule has 1 spiro atoms. The van der Waals surface area contributed by atoms with E-state index >= 15 is 0 Å². The van der Waals surface area contributed by atoms with Gasteiger partial charge in [-0.05, 0) is 120 Å². The summed E-state index contributed by atoms with van der Waals surface area (Å²) in [5, 5.41) is 2.21. The number of nitrogens with zero attached hydrogens (tertiary/aromatic N) is 1. The normalized spacial score (nSPS) is 12.9. The summed E-state index contributed by atoms with van der Waals surface area (Å²) in [7, 11) is 0. The maximum absolute atomic E-state index is 6.66. The first-order chi connectivity index (χ1) is 31.3. The van der Waals surface area contributed by atoms with Crippen LogP contribution in [0.3, 0.4) is 0 Å². The Hall–Kier alpha value is -8.20. The van der Waals surface area contributed by atoms with Gasteiger partial charge in [-0.1, -0.05) is 194 Å². The van der Waals surface area contributed by atoms with Crippen LogP contribution < -0.4 is 4.90 Å². The predicted molar refractivity (Wildman–Crippen MR) is 261 cm³/mol. The van der Waals surface area contributed by atoms with Crippen molar-refractivity contribution in [3.8, 4) is 55.6 Å². The van der Waals surface area contributed by atoms with E-state index < -0.39 is 5.41 Å². The van der Waals surface area contributed by atoms with Crippen molar-refractivity contribution in [3.63, 3.8) is 0 Å². The molecule has 1 aromatic heterocycles. The average molecular weight is 802 g/mol. The second-order valence-corrected chi connectivity index (χ2v) is 16.7. The van der Waals surface area contributed by atoms with E-state index in [2.05, 4.69) is 235 Å². The molecular weight excluding hydrogens is 763 g/mol. The monoisotopic (exact) mass is 801 g/mol. The third-order valence-corrected chi connectivity index (χ3v) is 13.5. The molecule has 0 unspecified atom stereocenters. The second-order valence-electron chi connectivity index (χ2n) is 16.7. The van der Waals surface area contributed by atoms with Crippen molar-refractivity contribution in [2.24, 2.45) is 0 Å². The maximum atomic E-state index is 6.66. The molecule has 0 amide bonds. The number of rotatable bonds is 5. The number of hydrogen-bond donors (Lipinski definition) is 0. The molecular formula is C61H39NO. The Bertz CT molecular complexity index is 3510. The Kier molecular flexibility index (Phi) is 7.85. The zero-order chi connectivity index (χ0) is 41.5. The summed E-state index contributed by atoms with van der Waals surface area (Å²) >= 11 is 0. The molecule has 10 aromatic carbocycles. The van der Waals surface area contributed by atoms with Crippen molar-refractivity contribution in [1.82, 2.24) is 0 Å². The number of benzene rings is 10. The molecule has 0 saturated heterocycles. The summed E-state index contributed by atoms with van der Waals surface area (Å²) in [5.74, 6) is 0. The standard InChI is InChI=1S/C61H39NO/c1-2-15-40(16-3-1)41-29-34-44(35-30-41)62(58-27-14-23-53-52-22-9-13-28-59(52)63-60(53)58)45-36-31-42(32-37-45)43-33-38-51-47-18-5-4-17-46(47)48-19-6-10-24-54(48)61(57(51)39-43)55-25-11-7-20-49(55)50-21-8-12-26-56(50)61/h1-39H. The molecule has 13 rings (SSSR count). The zero-order valence-corrected chi connectivity index (χ0v) is 34.4. The lowest BCUT2D eigenvalue weighted by molar-refractivity contribution is 0.669. The van der Waals surface area contributed by atoms with Crippen LogP contribution in [-0.2, 0) is 5.41 Å². The van der Waals surface area contributed by atoms with Crippen molar-refractivity contribution >= 4 is 39.0 Å². The van der Waals surface area contributed by atoms with Crippen molar-refractivity contribution in [2.45, 2.75) is 5.41 Å². The second kappa shape index (κ2) is 13.9. The fourth-order valence-electron chi connectivity index (χ4n) is 10.8. The van der Waals surface area contributed by atoms with Crippen LogP contribution in [0.4, 0.5) is 17.1 Å². The quantitative estimate of drug-likeness (QED) is 0.172. The molecule has 0 N–H and O–H groups in total. The van der Waals surface area contributed by atoms with Gasteiger partial charge in [0.2, 0.25) is 0 Å². The first-order valence-corrected chi connectivity index (χ1v) is 21.8. The molecule has 294 valence electrons. The van der Waals surface area contributed by atoms with Gasteiger partial charge in [0.1, 0.15) is 5.58 Å². The van der Waals surface area contributed by atoms with Gasteiger partial charge in [0, 0.05) is 22.1 Å². The minimum atomic E-state index is -0.526. The van der Waals surface area contributed by atoms with Gasteiger partial charge >= 0.3 is 0 Å². The highest BCUT2D eigenvalue weighted by molar-refractivity contribution is 6.10. The topological polar surface area (TPSA) is 16.4 Å². The van der Waals surface area contributed by atoms with E-state index in [1.807, 2.05) is 6.07 Å². The van der Waals surface area contributed by atoms with Crippen molar-refractivity contribution in [3.05, 3.63) is 259 Å². The molecule has 0 bridgehead atoms. The Morgan fingerprint density at radius 2 is 0.746 bits per heavy atom. The van der Waals surface area contributed by atoms with Crippen LogP contribution in [-0.4, -0.2) is 0 Å². The van der Waals surface area contributed by atoms with Crippen molar-refractivity contribution in [1.29, 1.82) is 0 Å². The van der Waals surface area contributed by atoms with Gasteiger partial charge in [0.05, 0.1) is 11.1 Å². The van der Waals surface area contributed by atoms with E-state index in [0.717, 1.165) is 44.6 Å². The van der Waals surface area contributed by atoms with E-state index in [9.17, 15) is 0 Å². The molecule has 0 atom stereocenters. The van der Waals surface area contributed by atoms with E-state index in [0.29, 0.717) is 0 Å². The van der Waals surface area contributed by atoms with Gasteiger partial charge in [0.15, 0.2) is 5.58 Å². The largest absolute Gasteiger partial charge is 0.454 e. The number of anilines is 3. The fraction of sp³-hybridized carbons (Fsp3) is 0.0164. The molecule has 0 fully saturated rings. The van der Waals surface area contributed by atoms with E-state index in [1.165, 1.54) is 72.3 Å². The molecule has 11 aromatic rings. The van der Waals surface area contributed by atoms with E-state index in [1.54, 1.807) is 0 Å². The smallest absolute Gasteiger partial charge is 0.159 e. The Balaban J connectivity index is 0.998. The highest BCUT2D eigenvalue weighted by Gasteiger charge is 2.49. The molecule has 0 saturated carbocycles.